The number of rotatable bonds is 4. The van der Waals surface area contributed by atoms with E-state index in [4.69, 9.17) is 16.0 Å². The number of nitrogens with zero attached hydrogens (tertiary/aromatic N) is 3. The largest absolute Gasteiger partial charge is 0.467 e. The Morgan fingerprint density at radius 1 is 1.60 bits per heavy atom. The maximum absolute atomic E-state index is 12.2. The number of amides is 1. The normalized spacial score (nSPS) is 10.3. The van der Waals surface area contributed by atoms with Crippen molar-refractivity contribution >= 4 is 23.2 Å². The van der Waals surface area contributed by atoms with Gasteiger partial charge in [-0.1, -0.05) is 11.6 Å². The van der Waals surface area contributed by atoms with Crippen LogP contribution >= 0.6 is 11.6 Å². The molecule has 0 aliphatic heterocycles. The summed E-state index contributed by atoms with van der Waals surface area (Å²) < 4.78 is 5.13. The second-order valence-corrected chi connectivity index (χ2v) is 4.39. The lowest BCUT2D eigenvalue weighted by Gasteiger charge is -2.16. The summed E-state index contributed by atoms with van der Waals surface area (Å²) in [6, 6.07) is 4.53. The van der Waals surface area contributed by atoms with Crippen LogP contribution in [-0.2, 0) is 6.54 Å². The van der Waals surface area contributed by atoms with E-state index in [9.17, 15) is 14.9 Å². The fraction of sp³-hybridized carbons (Fsp3) is 0.167. The van der Waals surface area contributed by atoms with Gasteiger partial charge in [0.15, 0.2) is 0 Å². The van der Waals surface area contributed by atoms with Gasteiger partial charge >= 0.3 is 0 Å². The van der Waals surface area contributed by atoms with Crippen LogP contribution in [0.3, 0.4) is 0 Å². The highest BCUT2D eigenvalue weighted by molar-refractivity contribution is 6.32. The summed E-state index contributed by atoms with van der Waals surface area (Å²) in [5.74, 6) is 0.123. The molecule has 20 heavy (non-hydrogen) atoms. The van der Waals surface area contributed by atoms with Gasteiger partial charge in [0.2, 0.25) is 0 Å². The summed E-state index contributed by atoms with van der Waals surface area (Å²) in [6.45, 7) is 0.227. The van der Waals surface area contributed by atoms with Crippen molar-refractivity contribution in [2.75, 3.05) is 7.05 Å². The second kappa shape index (κ2) is 5.70. The van der Waals surface area contributed by atoms with Crippen LogP contribution in [0.1, 0.15) is 16.1 Å². The van der Waals surface area contributed by atoms with E-state index in [2.05, 4.69) is 4.98 Å². The maximum Gasteiger partial charge on any atom is 0.288 e. The maximum atomic E-state index is 12.2. The third-order valence-electron chi connectivity index (χ3n) is 2.59. The van der Waals surface area contributed by atoms with E-state index in [1.165, 1.54) is 11.2 Å². The number of hydrogen-bond donors (Lipinski definition) is 0. The first-order valence-electron chi connectivity index (χ1n) is 5.57. The Morgan fingerprint density at radius 3 is 2.95 bits per heavy atom. The van der Waals surface area contributed by atoms with Crippen LogP contribution in [0, 0.1) is 10.1 Å². The van der Waals surface area contributed by atoms with Crippen LogP contribution in [0.25, 0.3) is 0 Å². The van der Waals surface area contributed by atoms with Gasteiger partial charge in [0.1, 0.15) is 17.1 Å². The smallest absolute Gasteiger partial charge is 0.288 e. The zero-order chi connectivity index (χ0) is 14.7. The van der Waals surface area contributed by atoms with Gasteiger partial charge in [0.25, 0.3) is 11.6 Å². The minimum Gasteiger partial charge on any atom is -0.467 e. The lowest BCUT2D eigenvalue weighted by atomic mass is 10.2. The van der Waals surface area contributed by atoms with Crippen LogP contribution < -0.4 is 0 Å². The van der Waals surface area contributed by atoms with Crippen molar-refractivity contribution in [3.8, 4) is 0 Å². The molecule has 0 fully saturated rings. The Balaban J connectivity index is 2.23. The van der Waals surface area contributed by atoms with Crippen molar-refractivity contribution in [1.29, 1.82) is 0 Å². The molecule has 0 radical (unpaired) electrons. The van der Waals surface area contributed by atoms with Crippen molar-refractivity contribution < 1.29 is 14.1 Å². The number of hydrogen-bond acceptors (Lipinski definition) is 5. The molecule has 0 atom stereocenters. The summed E-state index contributed by atoms with van der Waals surface area (Å²) in [7, 11) is 1.54. The average Bonchev–Trinajstić information content (AvgIpc) is 2.91. The summed E-state index contributed by atoms with van der Waals surface area (Å²) in [4.78, 5) is 27.3. The summed E-state index contributed by atoms with van der Waals surface area (Å²) in [5, 5.41) is 10.6. The Bertz CT molecular complexity index is 642. The molecule has 0 spiro atoms. The molecule has 0 aliphatic rings. The van der Waals surface area contributed by atoms with Gasteiger partial charge in [0, 0.05) is 13.1 Å². The molecule has 0 saturated heterocycles. The molecule has 2 rings (SSSR count). The minimum absolute atomic E-state index is 0.0186. The fourth-order valence-electron chi connectivity index (χ4n) is 1.60. The molecule has 0 saturated carbocycles. The molecule has 2 aromatic rings. The third kappa shape index (κ3) is 2.94. The molecular formula is C12H10ClN3O4. The van der Waals surface area contributed by atoms with Gasteiger partial charge in [-0.15, -0.1) is 0 Å². The van der Waals surface area contributed by atoms with Gasteiger partial charge in [0.05, 0.1) is 23.3 Å². The van der Waals surface area contributed by atoms with Crippen molar-refractivity contribution in [3.63, 3.8) is 0 Å². The molecule has 0 bridgehead atoms. The van der Waals surface area contributed by atoms with Crippen LogP contribution in [0.2, 0.25) is 5.15 Å². The van der Waals surface area contributed by atoms with Gasteiger partial charge < -0.3 is 9.32 Å². The summed E-state index contributed by atoms with van der Waals surface area (Å²) in [6.07, 6.45) is 2.50. The monoisotopic (exact) mass is 295 g/mol. The van der Waals surface area contributed by atoms with Crippen LogP contribution in [0.15, 0.2) is 35.1 Å². The average molecular weight is 296 g/mol. The van der Waals surface area contributed by atoms with E-state index in [1.54, 1.807) is 19.2 Å². The zero-order valence-corrected chi connectivity index (χ0v) is 11.2. The molecule has 7 nitrogen and oxygen atoms in total. The van der Waals surface area contributed by atoms with Gasteiger partial charge in [-0.05, 0) is 12.1 Å². The number of aromatic nitrogens is 1. The van der Waals surface area contributed by atoms with E-state index < -0.39 is 10.8 Å². The number of carbonyl (C=O) groups is 1. The molecule has 8 heteroatoms. The van der Waals surface area contributed by atoms with Crippen LogP contribution in [0.4, 0.5) is 5.69 Å². The molecule has 2 aromatic heterocycles. The topological polar surface area (TPSA) is 89.5 Å². The predicted molar refractivity (Wildman–Crippen MR) is 70.4 cm³/mol. The Kier molecular flexibility index (Phi) is 3.99. The highest BCUT2D eigenvalue weighted by Gasteiger charge is 2.20. The first-order chi connectivity index (χ1) is 9.49. The van der Waals surface area contributed by atoms with E-state index in [0.717, 1.165) is 12.3 Å². The summed E-state index contributed by atoms with van der Waals surface area (Å²) >= 11 is 5.82. The Hall–Kier alpha value is -2.41. The quantitative estimate of drug-likeness (QED) is 0.491. The van der Waals surface area contributed by atoms with Crippen LogP contribution in [0.5, 0.6) is 0 Å². The molecular weight excluding hydrogens is 286 g/mol. The lowest BCUT2D eigenvalue weighted by molar-refractivity contribution is -0.385. The van der Waals surface area contributed by atoms with Crippen molar-refractivity contribution in [2.45, 2.75) is 6.54 Å². The van der Waals surface area contributed by atoms with Gasteiger partial charge in [-0.25, -0.2) is 4.98 Å². The lowest BCUT2D eigenvalue weighted by Crippen LogP contribution is -2.26. The second-order valence-electron chi connectivity index (χ2n) is 4.03. The van der Waals surface area contributed by atoms with E-state index in [-0.39, 0.29) is 22.9 Å². The molecule has 2 heterocycles. The van der Waals surface area contributed by atoms with Gasteiger partial charge in [-0.3, -0.25) is 14.9 Å². The number of furan rings is 1. The highest BCUT2D eigenvalue weighted by Crippen LogP contribution is 2.21. The standard InChI is InChI=1S/C12H10ClN3O4/c1-15(7-9-3-2-4-20-9)12(17)10-5-8(16(18)19)6-14-11(10)13/h2-6H,7H2,1H3. The van der Waals surface area contributed by atoms with Crippen molar-refractivity contribution in [1.82, 2.24) is 9.88 Å². The molecule has 1 amide bonds. The SMILES string of the molecule is CN(Cc1ccco1)C(=O)c1cc([N+](=O)[O-])cnc1Cl. The van der Waals surface area contributed by atoms with Crippen molar-refractivity contribution in [3.05, 3.63) is 57.3 Å². The van der Waals surface area contributed by atoms with Crippen LogP contribution in [-0.4, -0.2) is 27.8 Å². The molecule has 0 N–H and O–H groups in total. The van der Waals surface area contributed by atoms with E-state index in [0.29, 0.717) is 5.76 Å². The van der Waals surface area contributed by atoms with E-state index >= 15 is 0 Å². The molecule has 104 valence electrons. The third-order valence-corrected chi connectivity index (χ3v) is 2.89. The summed E-state index contributed by atoms with van der Waals surface area (Å²) in [5.41, 5.74) is -0.306. The zero-order valence-electron chi connectivity index (χ0n) is 10.4. The van der Waals surface area contributed by atoms with Gasteiger partial charge in [-0.2, -0.15) is 0 Å². The highest BCUT2D eigenvalue weighted by atomic mass is 35.5. The first-order valence-corrected chi connectivity index (χ1v) is 5.94. The molecule has 0 unspecified atom stereocenters. The van der Waals surface area contributed by atoms with E-state index in [1.807, 2.05) is 0 Å². The Labute approximate surface area is 118 Å². The Morgan fingerprint density at radius 2 is 2.35 bits per heavy atom. The number of halogens is 1. The number of nitro groups is 1. The van der Waals surface area contributed by atoms with Crippen molar-refractivity contribution in [2.24, 2.45) is 0 Å². The number of pyridine rings is 1. The minimum atomic E-state index is -0.632. The first kappa shape index (κ1) is 14.0. The fourth-order valence-corrected chi connectivity index (χ4v) is 1.78. The number of carbonyl (C=O) groups excluding carboxylic acids is 1. The predicted octanol–water partition coefficient (Wildman–Crippen LogP) is 2.51. The molecule has 0 aromatic carbocycles. The molecule has 0 aliphatic carbocycles.